The quantitative estimate of drug-likeness (QED) is 0.634. The van der Waals surface area contributed by atoms with Gasteiger partial charge in [-0.2, -0.15) is 0 Å². The number of halogens is 1. The lowest BCUT2D eigenvalue weighted by Crippen LogP contribution is -2.41. The van der Waals surface area contributed by atoms with E-state index >= 15 is 0 Å². The number of piperidine rings is 1. The first-order chi connectivity index (χ1) is 12.0. The third kappa shape index (κ3) is 6.12. The summed E-state index contributed by atoms with van der Waals surface area (Å²) in [5.74, 6) is -0.813. The SMILES string of the molecule is CC1CCN(CCCCNC(=O)C(=O)N(C)c2ccc(F)cc2)CC1. The van der Waals surface area contributed by atoms with Crippen LogP contribution in [0, 0.1) is 11.7 Å². The molecular formula is C19H28FN3O2. The summed E-state index contributed by atoms with van der Waals surface area (Å²) in [6, 6.07) is 5.47. The molecule has 0 atom stereocenters. The van der Waals surface area contributed by atoms with Gasteiger partial charge in [-0.1, -0.05) is 6.92 Å². The van der Waals surface area contributed by atoms with E-state index in [2.05, 4.69) is 17.1 Å². The van der Waals surface area contributed by atoms with Crippen molar-refractivity contribution >= 4 is 17.5 Å². The van der Waals surface area contributed by atoms with Gasteiger partial charge in [0.05, 0.1) is 0 Å². The Morgan fingerprint density at radius 2 is 1.84 bits per heavy atom. The molecule has 1 aromatic carbocycles. The van der Waals surface area contributed by atoms with Crippen LogP contribution in [0.2, 0.25) is 0 Å². The molecule has 1 heterocycles. The zero-order valence-corrected chi connectivity index (χ0v) is 15.1. The minimum Gasteiger partial charge on any atom is -0.348 e. The summed E-state index contributed by atoms with van der Waals surface area (Å²) in [6.45, 7) is 6.16. The predicted molar refractivity (Wildman–Crippen MR) is 96.9 cm³/mol. The number of nitrogens with zero attached hydrogens (tertiary/aromatic N) is 2. The summed E-state index contributed by atoms with van der Waals surface area (Å²) in [4.78, 5) is 27.7. The van der Waals surface area contributed by atoms with Crippen LogP contribution in [0.3, 0.4) is 0 Å². The Bertz CT molecular complexity index is 569. The van der Waals surface area contributed by atoms with Crippen LogP contribution in [0.5, 0.6) is 0 Å². The van der Waals surface area contributed by atoms with Crippen LogP contribution in [0.1, 0.15) is 32.6 Å². The highest BCUT2D eigenvalue weighted by Crippen LogP contribution is 2.16. The van der Waals surface area contributed by atoms with Gasteiger partial charge in [0.15, 0.2) is 0 Å². The number of anilines is 1. The summed E-state index contributed by atoms with van der Waals surface area (Å²) in [5.41, 5.74) is 0.487. The monoisotopic (exact) mass is 349 g/mol. The van der Waals surface area contributed by atoms with Gasteiger partial charge < -0.3 is 15.1 Å². The zero-order chi connectivity index (χ0) is 18.2. The number of unbranched alkanes of at least 4 members (excludes halogenated alkanes) is 1. The Morgan fingerprint density at radius 3 is 2.48 bits per heavy atom. The highest BCUT2D eigenvalue weighted by molar-refractivity contribution is 6.40. The second-order valence-corrected chi connectivity index (χ2v) is 6.83. The molecule has 1 aliphatic heterocycles. The van der Waals surface area contributed by atoms with E-state index in [4.69, 9.17) is 0 Å². The molecule has 2 amide bonds. The Balaban J connectivity index is 1.64. The normalized spacial score (nSPS) is 15.8. The largest absolute Gasteiger partial charge is 0.348 e. The van der Waals surface area contributed by atoms with E-state index in [9.17, 15) is 14.0 Å². The number of carbonyl (C=O) groups excluding carboxylic acids is 2. The second-order valence-electron chi connectivity index (χ2n) is 6.83. The topological polar surface area (TPSA) is 52.7 Å². The molecule has 1 fully saturated rings. The van der Waals surface area contributed by atoms with E-state index < -0.39 is 11.8 Å². The van der Waals surface area contributed by atoms with Gasteiger partial charge in [-0.15, -0.1) is 0 Å². The van der Waals surface area contributed by atoms with Crippen LogP contribution in [0.4, 0.5) is 10.1 Å². The van der Waals surface area contributed by atoms with Gasteiger partial charge in [0.2, 0.25) is 0 Å². The number of likely N-dealkylation sites (tertiary alicyclic amines) is 1. The summed E-state index contributed by atoms with van der Waals surface area (Å²) >= 11 is 0. The first-order valence-electron chi connectivity index (χ1n) is 9.01. The lowest BCUT2D eigenvalue weighted by Gasteiger charge is -2.30. The van der Waals surface area contributed by atoms with Gasteiger partial charge in [0.1, 0.15) is 5.82 Å². The summed E-state index contributed by atoms with van der Waals surface area (Å²) in [6.07, 6.45) is 4.39. The molecule has 6 heteroatoms. The maximum absolute atomic E-state index is 12.9. The molecule has 1 aromatic rings. The predicted octanol–water partition coefficient (Wildman–Crippen LogP) is 2.42. The van der Waals surface area contributed by atoms with Crippen LogP contribution < -0.4 is 10.2 Å². The molecule has 1 saturated heterocycles. The van der Waals surface area contributed by atoms with Crippen LogP contribution in [0.25, 0.3) is 0 Å². The standard InChI is InChI=1S/C19H28FN3O2/c1-15-9-13-23(14-10-15)12-4-3-11-21-18(24)19(25)22(2)17-7-5-16(20)6-8-17/h5-8,15H,3-4,9-14H2,1-2H3,(H,21,24). The number of amides is 2. The fraction of sp³-hybridized carbons (Fsp3) is 0.579. The Labute approximate surface area is 149 Å². The second kappa shape index (κ2) is 9.51. The van der Waals surface area contributed by atoms with Gasteiger partial charge in [0, 0.05) is 19.3 Å². The van der Waals surface area contributed by atoms with E-state index in [-0.39, 0.29) is 5.82 Å². The molecule has 0 unspecified atom stereocenters. The summed E-state index contributed by atoms with van der Waals surface area (Å²) in [7, 11) is 1.51. The third-order valence-corrected chi connectivity index (χ3v) is 4.78. The van der Waals surface area contributed by atoms with Crippen molar-refractivity contribution in [3.05, 3.63) is 30.1 Å². The molecular weight excluding hydrogens is 321 g/mol. The number of hydrogen-bond acceptors (Lipinski definition) is 3. The molecule has 138 valence electrons. The van der Waals surface area contributed by atoms with Crippen LogP contribution in [0.15, 0.2) is 24.3 Å². The Morgan fingerprint density at radius 1 is 1.20 bits per heavy atom. The lowest BCUT2D eigenvalue weighted by molar-refractivity contribution is -0.137. The van der Waals surface area contributed by atoms with E-state index in [1.165, 1.54) is 49.1 Å². The maximum Gasteiger partial charge on any atom is 0.316 e. The minimum absolute atomic E-state index is 0.378. The molecule has 1 N–H and O–H groups in total. The van der Waals surface area contributed by atoms with Crippen molar-refractivity contribution in [2.75, 3.05) is 38.1 Å². The van der Waals surface area contributed by atoms with Crippen molar-refractivity contribution < 1.29 is 14.0 Å². The van der Waals surface area contributed by atoms with Crippen molar-refractivity contribution in [3.63, 3.8) is 0 Å². The molecule has 1 aliphatic rings. The molecule has 0 spiro atoms. The smallest absolute Gasteiger partial charge is 0.316 e. The van der Waals surface area contributed by atoms with Crippen molar-refractivity contribution in [2.45, 2.75) is 32.6 Å². The van der Waals surface area contributed by atoms with E-state index in [0.29, 0.717) is 12.2 Å². The first-order valence-corrected chi connectivity index (χ1v) is 9.01. The van der Waals surface area contributed by atoms with E-state index in [0.717, 1.165) is 38.4 Å². The van der Waals surface area contributed by atoms with Crippen LogP contribution in [-0.4, -0.2) is 49.9 Å². The number of benzene rings is 1. The molecule has 0 bridgehead atoms. The fourth-order valence-electron chi connectivity index (χ4n) is 2.96. The zero-order valence-electron chi connectivity index (χ0n) is 15.1. The molecule has 25 heavy (non-hydrogen) atoms. The van der Waals surface area contributed by atoms with Gasteiger partial charge in [-0.25, -0.2) is 4.39 Å². The lowest BCUT2D eigenvalue weighted by atomic mass is 9.99. The molecule has 0 radical (unpaired) electrons. The van der Waals surface area contributed by atoms with Crippen LogP contribution in [-0.2, 0) is 9.59 Å². The highest BCUT2D eigenvalue weighted by atomic mass is 19.1. The molecule has 0 aromatic heterocycles. The minimum atomic E-state index is -0.642. The molecule has 5 nitrogen and oxygen atoms in total. The summed E-state index contributed by atoms with van der Waals surface area (Å²) < 4.78 is 12.9. The third-order valence-electron chi connectivity index (χ3n) is 4.78. The van der Waals surface area contributed by atoms with E-state index in [1.54, 1.807) is 0 Å². The average molecular weight is 349 g/mol. The van der Waals surface area contributed by atoms with Gasteiger partial charge >= 0.3 is 11.8 Å². The maximum atomic E-state index is 12.9. The van der Waals surface area contributed by atoms with Crippen molar-refractivity contribution in [1.29, 1.82) is 0 Å². The summed E-state index contributed by atoms with van der Waals surface area (Å²) in [5, 5.41) is 2.67. The molecule has 0 aliphatic carbocycles. The number of carbonyl (C=O) groups is 2. The fourth-order valence-corrected chi connectivity index (χ4v) is 2.96. The van der Waals surface area contributed by atoms with Crippen molar-refractivity contribution in [3.8, 4) is 0 Å². The van der Waals surface area contributed by atoms with Crippen molar-refractivity contribution in [1.82, 2.24) is 10.2 Å². The van der Waals surface area contributed by atoms with Crippen LogP contribution >= 0.6 is 0 Å². The first kappa shape index (κ1) is 19.4. The molecule has 2 rings (SSSR count). The average Bonchev–Trinajstić information content (AvgIpc) is 2.62. The van der Waals surface area contributed by atoms with Crippen molar-refractivity contribution in [2.24, 2.45) is 5.92 Å². The van der Waals surface area contributed by atoms with Gasteiger partial charge in [0.25, 0.3) is 0 Å². The number of hydrogen-bond donors (Lipinski definition) is 1. The van der Waals surface area contributed by atoms with E-state index in [1.807, 2.05) is 0 Å². The number of rotatable bonds is 6. The highest BCUT2D eigenvalue weighted by Gasteiger charge is 2.19. The Kier molecular flexibility index (Phi) is 7.37. The Hall–Kier alpha value is -1.95. The number of likely N-dealkylation sites (N-methyl/N-ethyl adjacent to an activating group) is 1. The van der Waals surface area contributed by atoms with Gasteiger partial charge in [-0.3, -0.25) is 9.59 Å². The van der Waals surface area contributed by atoms with Gasteiger partial charge in [-0.05, 0) is 75.5 Å². The molecule has 0 saturated carbocycles. The number of nitrogens with one attached hydrogen (secondary N) is 1.